The van der Waals surface area contributed by atoms with Crippen LogP contribution in [0.1, 0.15) is 30.1 Å². The molecule has 0 bridgehead atoms. The van der Waals surface area contributed by atoms with Gasteiger partial charge in [-0.3, -0.25) is 4.79 Å². The molecule has 0 unspecified atom stereocenters. The summed E-state index contributed by atoms with van der Waals surface area (Å²) in [6.45, 7) is 3.16. The zero-order chi connectivity index (χ0) is 10.7. The minimum Gasteiger partial charge on any atom is -0.347 e. The second-order valence-electron chi connectivity index (χ2n) is 3.77. The third-order valence-corrected chi connectivity index (χ3v) is 2.70. The Morgan fingerprint density at radius 3 is 2.87 bits per heavy atom. The minimum absolute atomic E-state index is 0.793. The van der Waals surface area contributed by atoms with Crippen LogP contribution >= 0.6 is 0 Å². The summed E-state index contributed by atoms with van der Waals surface area (Å²) in [5, 5.41) is 1.06. The van der Waals surface area contributed by atoms with E-state index in [0.29, 0.717) is 0 Å². The van der Waals surface area contributed by atoms with E-state index in [2.05, 4.69) is 17.6 Å². The number of carbonyl (C=O) groups is 1. The van der Waals surface area contributed by atoms with Crippen LogP contribution in [0.3, 0.4) is 0 Å². The van der Waals surface area contributed by atoms with Crippen molar-refractivity contribution in [1.82, 2.24) is 4.57 Å². The fraction of sp³-hybridized carbons (Fsp3) is 0.308. The van der Waals surface area contributed by atoms with Crippen LogP contribution in [-0.4, -0.2) is 10.9 Å². The van der Waals surface area contributed by atoms with Crippen LogP contribution in [0, 0.1) is 0 Å². The number of aromatic nitrogens is 1. The minimum atomic E-state index is 0.793. The molecule has 2 rings (SSSR count). The maximum Gasteiger partial charge on any atom is 0.152 e. The molecular formula is C13H15NO. The van der Waals surface area contributed by atoms with Gasteiger partial charge in [0.25, 0.3) is 0 Å². The highest BCUT2D eigenvalue weighted by atomic mass is 16.1. The Labute approximate surface area is 89.5 Å². The monoisotopic (exact) mass is 201 g/mol. The number of carbonyl (C=O) groups excluding carboxylic acids is 1. The van der Waals surface area contributed by atoms with E-state index < -0.39 is 0 Å². The second kappa shape index (κ2) is 4.30. The fourth-order valence-corrected chi connectivity index (χ4v) is 1.88. The lowest BCUT2D eigenvalue weighted by Crippen LogP contribution is -1.94. The van der Waals surface area contributed by atoms with E-state index in [1.165, 1.54) is 6.42 Å². The van der Waals surface area contributed by atoms with E-state index in [0.717, 1.165) is 35.7 Å². The Bertz CT molecular complexity index is 470. The van der Waals surface area contributed by atoms with Crippen LogP contribution in [-0.2, 0) is 6.54 Å². The van der Waals surface area contributed by atoms with E-state index in [9.17, 15) is 4.79 Å². The number of hydrogen-bond acceptors (Lipinski definition) is 1. The molecule has 0 aliphatic rings. The van der Waals surface area contributed by atoms with Gasteiger partial charge in [-0.1, -0.05) is 31.5 Å². The summed E-state index contributed by atoms with van der Waals surface area (Å²) in [6.07, 6.45) is 5.21. The first-order valence-corrected chi connectivity index (χ1v) is 5.40. The molecule has 0 aliphatic carbocycles. The molecule has 1 heterocycles. The predicted molar refractivity (Wildman–Crippen MR) is 62.2 cm³/mol. The molecule has 15 heavy (non-hydrogen) atoms. The van der Waals surface area contributed by atoms with Gasteiger partial charge in [-0.2, -0.15) is 0 Å². The highest BCUT2D eigenvalue weighted by Crippen LogP contribution is 2.20. The van der Waals surface area contributed by atoms with Crippen molar-refractivity contribution in [1.29, 1.82) is 0 Å². The first kappa shape index (κ1) is 9.97. The average Bonchev–Trinajstić information content (AvgIpc) is 2.65. The molecule has 1 aromatic carbocycles. The molecule has 0 radical (unpaired) electrons. The molecule has 0 saturated carbocycles. The third kappa shape index (κ3) is 1.80. The summed E-state index contributed by atoms with van der Waals surface area (Å²) in [4.78, 5) is 10.9. The Kier molecular flexibility index (Phi) is 2.86. The maximum atomic E-state index is 10.9. The van der Waals surface area contributed by atoms with Crippen LogP contribution in [0.4, 0.5) is 0 Å². The van der Waals surface area contributed by atoms with Gasteiger partial charge in [0.05, 0.1) is 0 Å². The molecule has 1 aromatic heterocycles. The van der Waals surface area contributed by atoms with Gasteiger partial charge < -0.3 is 4.57 Å². The number of fused-ring (bicyclic) bond motifs is 1. The van der Waals surface area contributed by atoms with E-state index in [4.69, 9.17) is 0 Å². The molecule has 2 aromatic rings. The topological polar surface area (TPSA) is 22.0 Å². The fourth-order valence-electron chi connectivity index (χ4n) is 1.88. The third-order valence-electron chi connectivity index (χ3n) is 2.70. The molecule has 0 atom stereocenters. The molecule has 0 fully saturated rings. The summed E-state index contributed by atoms with van der Waals surface area (Å²) in [5.74, 6) is 0. The molecule has 0 aliphatic heterocycles. The molecule has 0 spiro atoms. The maximum absolute atomic E-state index is 10.9. The van der Waals surface area contributed by atoms with Crippen LogP contribution in [0.25, 0.3) is 10.9 Å². The van der Waals surface area contributed by atoms with Gasteiger partial charge in [0.2, 0.25) is 0 Å². The van der Waals surface area contributed by atoms with Crippen LogP contribution in [0.5, 0.6) is 0 Å². The summed E-state index contributed by atoms with van der Waals surface area (Å²) < 4.78 is 2.17. The van der Waals surface area contributed by atoms with Gasteiger partial charge in [-0.25, -0.2) is 0 Å². The summed E-state index contributed by atoms with van der Waals surface area (Å²) in [5.41, 5.74) is 1.95. The molecule has 2 heteroatoms. The van der Waals surface area contributed by atoms with Gasteiger partial charge >= 0.3 is 0 Å². The lowest BCUT2D eigenvalue weighted by atomic mass is 10.2. The zero-order valence-corrected chi connectivity index (χ0v) is 8.94. The number of aryl methyl sites for hydroxylation is 1. The molecule has 0 amide bonds. The first-order valence-electron chi connectivity index (χ1n) is 5.40. The average molecular weight is 201 g/mol. The SMILES string of the molecule is CCCCn1cc(C=O)c2ccccc21. The first-order chi connectivity index (χ1) is 7.36. The van der Waals surface area contributed by atoms with Crippen molar-refractivity contribution in [2.24, 2.45) is 0 Å². The number of para-hydroxylation sites is 1. The van der Waals surface area contributed by atoms with Gasteiger partial charge in [0.15, 0.2) is 6.29 Å². The van der Waals surface area contributed by atoms with Crippen molar-refractivity contribution in [2.75, 3.05) is 0 Å². The lowest BCUT2D eigenvalue weighted by molar-refractivity contribution is 0.112. The molecular weight excluding hydrogens is 186 g/mol. The van der Waals surface area contributed by atoms with E-state index in [1.807, 2.05) is 24.4 Å². The van der Waals surface area contributed by atoms with Crippen molar-refractivity contribution in [3.63, 3.8) is 0 Å². The number of unbranched alkanes of at least 4 members (excludes halogenated alkanes) is 1. The quantitative estimate of drug-likeness (QED) is 0.696. The number of benzene rings is 1. The number of nitrogens with zero attached hydrogens (tertiary/aromatic N) is 1. The van der Waals surface area contributed by atoms with Crippen LogP contribution < -0.4 is 0 Å². The van der Waals surface area contributed by atoms with E-state index >= 15 is 0 Å². The normalized spacial score (nSPS) is 10.7. The van der Waals surface area contributed by atoms with Gasteiger partial charge in [-0.05, 0) is 12.5 Å². The largest absolute Gasteiger partial charge is 0.347 e. The summed E-state index contributed by atoms with van der Waals surface area (Å²) >= 11 is 0. The molecule has 2 nitrogen and oxygen atoms in total. The standard InChI is InChI=1S/C13H15NO/c1-2-3-8-14-9-11(10-15)12-6-4-5-7-13(12)14/h4-7,9-10H,2-3,8H2,1H3. The second-order valence-corrected chi connectivity index (χ2v) is 3.77. The van der Waals surface area contributed by atoms with Crippen molar-refractivity contribution in [2.45, 2.75) is 26.3 Å². The smallest absolute Gasteiger partial charge is 0.152 e. The van der Waals surface area contributed by atoms with Crippen LogP contribution in [0.2, 0.25) is 0 Å². The van der Waals surface area contributed by atoms with E-state index in [1.54, 1.807) is 0 Å². The summed E-state index contributed by atoms with van der Waals surface area (Å²) in [7, 11) is 0. The summed E-state index contributed by atoms with van der Waals surface area (Å²) in [6, 6.07) is 8.05. The Morgan fingerprint density at radius 1 is 1.33 bits per heavy atom. The Morgan fingerprint density at radius 2 is 2.13 bits per heavy atom. The predicted octanol–water partition coefficient (Wildman–Crippen LogP) is 3.25. The van der Waals surface area contributed by atoms with Crippen molar-refractivity contribution < 1.29 is 4.79 Å². The van der Waals surface area contributed by atoms with Gasteiger partial charge in [0.1, 0.15) is 0 Å². The van der Waals surface area contributed by atoms with Crippen molar-refractivity contribution in [3.05, 3.63) is 36.0 Å². The lowest BCUT2D eigenvalue weighted by Gasteiger charge is -2.02. The highest BCUT2D eigenvalue weighted by molar-refractivity contribution is 5.97. The zero-order valence-electron chi connectivity index (χ0n) is 8.94. The van der Waals surface area contributed by atoms with Crippen LogP contribution in [0.15, 0.2) is 30.5 Å². The van der Waals surface area contributed by atoms with Crippen molar-refractivity contribution in [3.8, 4) is 0 Å². The number of rotatable bonds is 4. The molecule has 78 valence electrons. The number of aldehydes is 1. The highest BCUT2D eigenvalue weighted by Gasteiger charge is 2.05. The molecule has 0 saturated heterocycles. The Hall–Kier alpha value is -1.57. The van der Waals surface area contributed by atoms with E-state index in [-0.39, 0.29) is 0 Å². The molecule has 0 N–H and O–H groups in total. The van der Waals surface area contributed by atoms with Crippen molar-refractivity contribution >= 4 is 17.2 Å². The van der Waals surface area contributed by atoms with Gasteiger partial charge in [-0.15, -0.1) is 0 Å². The Balaban J connectivity index is 2.50. The van der Waals surface area contributed by atoms with Gasteiger partial charge in [0, 0.05) is 29.2 Å². The number of hydrogen-bond donors (Lipinski definition) is 0.